The van der Waals surface area contributed by atoms with Gasteiger partial charge in [0.05, 0.1) is 17.6 Å². The third-order valence-electron chi connectivity index (χ3n) is 5.00. The van der Waals surface area contributed by atoms with E-state index in [9.17, 15) is 9.59 Å². The molecule has 1 aromatic carbocycles. The number of rotatable bonds is 4. The van der Waals surface area contributed by atoms with Crippen LogP contribution in [0.4, 0.5) is 4.79 Å². The zero-order valence-electron chi connectivity index (χ0n) is 14.0. The van der Waals surface area contributed by atoms with E-state index in [0.717, 1.165) is 35.3 Å². The van der Waals surface area contributed by atoms with Gasteiger partial charge in [-0.25, -0.2) is 14.8 Å². The minimum absolute atomic E-state index is 0.123. The monoisotopic (exact) mass is 347 g/mol. The van der Waals surface area contributed by atoms with E-state index in [2.05, 4.69) is 15.3 Å². The minimum Gasteiger partial charge on any atom is -0.326 e. The number of imidazole rings is 1. The van der Waals surface area contributed by atoms with Gasteiger partial charge in [0, 0.05) is 6.20 Å². The Morgan fingerprint density at radius 3 is 2.69 bits per heavy atom. The molecule has 0 radical (unpaired) electrons. The molecule has 1 N–H and O–H groups in total. The number of pyridine rings is 1. The number of benzene rings is 1. The molecular formula is C19H17N5O2. The number of hydrogen-bond donors (Lipinski definition) is 1. The van der Waals surface area contributed by atoms with Crippen molar-refractivity contribution in [2.75, 3.05) is 0 Å². The molecule has 0 bridgehead atoms. The number of fused-ring (bicyclic) bond motifs is 1. The normalized spacial score (nSPS) is 20.0. The van der Waals surface area contributed by atoms with Crippen molar-refractivity contribution in [3.8, 4) is 5.82 Å². The van der Waals surface area contributed by atoms with Gasteiger partial charge in [0.15, 0.2) is 0 Å². The third kappa shape index (κ3) is 2.44. The molecule has 1 saturated heterocycles. The molecule has 1 aliphatic heterocycles. The van der Waals surface area contributed by atoms with Gasteiger partial charge in [0.2, 0.25) is 0 Å². The lowest BCUT2D eigenvalue weighted by molar-refractivity contribution is -0.128. The summed E-state index contributed by atoms with van der Waals surface area (Å²) in [5.41, 5.74) is 2.70. The molecule has 3 aromatic rings. The number of nitrogens with zero attached hydrogens (tertiary/aromatic N) is 4. The summed E-state index contributed by atoms with van der Waals surface area (Å²) in [7, 11) is 0. The maximum atomic E-state index is 12.4. The number of carbonyl (C=O) groups excluding carboxylic acids is 2. The Balaban J connectivity index is 1.37. The summed E-state index contributed by atoms with van der Waals surface area (Å²) in [6, 6.07) is 11.0. The van der Waals surface area contributed by atoms with Crippen molar-refractivity contribution >= 4 is 23.0 Å². The van der Waals surface area contributed by atoms with Crippen LogP contribution in [0.1, 0.15) is 18.4 Å². The van der Waals surface area contributed by atoms with Crippen LogP contribution in [0.3, 0.4) is 0 Å². The molecule has 1 aliphatic carbocycles. The fourth-order valence-electron chi connectivity index (χ4n) is 3.42. The molecule has 2 fully saturated rings. The summed E-state index contributed by atoms with van der Waals surface area (Å²) in [6.45, 7) is 0.242. The smallest absolute Gasteiger partial charge is 0.325 e. The molecule has 1 saturated carbocycles. The molecule has 7 nitrogen and oxygen atoms in total. The summed E-state index contributed by atoms with van der Waals surface area (Å²) >= 11 is 0. The number of aromatic nitrogens is 3. The molecule has 0 spiro atoms. The summed E-state index contributed by atoms with van der Waals surface area (Å²) < 4.78 is 1.91. The molecule has 130 valence electrons. The lowest BCUT2D eigenvalue weighted by atomic mass is 10.2. The zero-order valence-corrected chi connectivity index (χ0v) is 14.0. The van der Waals surface area contributed by atoms with Crippen LogP contribution in [-0.4, -0.2) is 37.4 Å². The van der Waals surface area contributed by atoms with Crippen LogP contribution in [-0.2, 0) is 11.3 Å². The Labute approximate surface area is 149 Å². The highest BCUT2D eigenvalue weighted by Gasteiger charge is 2.46. The SMILES string of the molecule is O=C1NC(C2CC2)C(=O)N1Cc1ccc(-n2cnc3ccccc32)nc1. The Hall–Kier alpha value is -3.22. The number of imide groups is 1. The van der Waals surface area contributed by atoms with Crippen molar-refractivity contribution in [3.05, 3.63) is 54.5 Å². The van der Waals surface area contributed by atoms with Crippen molar-refractivity contribution in [2.24, 2.45) is 5.92 Å². The molecule has 2 aromatic heterocycles. The van der Waals surface area contributed by atoms with Gasteiger partial charge in [-0.1, -0.05) is 18.2 Å². The highest BCUT2D eigenvalue weighted by atomic mass is 16.2. The highest BCUT2D eigenvalue weighted by molar-refractivity contribution is 6.04. The van der Waals surface area contributed by atoms with E-state index in [1.54, 1.807) is 12.5 Å². The fourth-order valence-corrected chi connectivity index (χ4v) is 3.42. The van der Waals surface area contributed by atoms with E-state index < -0.39 is 0 Å². The van der Waals surface area contributed by atoms with E-state index in [0.29, 0.717) is 5.92 Å². The van der Waals surface area contributed by atoms with Crippen molar-refractivity contribution in [1.29, 1.82) is 0 Å². The Morgan fingerprint density at radius 1 is 1.08 bits per heavy atom. The van der Waals surface area contributed by atoms with Gasteiger partial charge in [-0.3, -0.25) is 14.3 Å². The summed E-state index contributed by atoms with van der Waals surface area (Å²) in [5.74, 6) is 0.934. The van der Waals surface area contributed by atoms with Gasteiger partial charge in [0.25, 0.3) is 5.91 Å². The topological polar surface area (TPSA) is 80.1 Å². The highest BCUT2D eigenvalue weighted by Crippen LogP contribution is 2.35. The predicted molar refractivity (Wildman–Crippen MR) is 94.5 cm³/mol. The minimum atomic E-state index is -0.341. The number of para-hydroxylation sites is 2. The second-order valence-corrected chi connectivity index (χ2v) is 6.82. The number of urea groups is 1. The lowest BCUT2D eigenvalue weighted by Crippen LogP contribution is -2.32. The van der Waals surface area contributed by atoms with E-state index in [4.69, 9.17) is 0 Å². The molecular weight excluding hydrogens is 330 g/mol. The first-order valence-electron chi connectivity index (χ1n) is 8.70. The first kappa shape index (κ1) is 15.1. The second-order valence-electron chi connectivity index (χ2n) is 6.82. The third-order valence-corrected chi connectivity index (χ3v) is 5.00. The van der Waals surface area contributed by atoms with Crippen molar-refractivity contribution in [1.82, 2.24) is 24.8 Å². The molecule has 3 heterocycles. The fraction of sp³-hybridized carbons (Fsp3) is 0.263. The van der Waals surface area contributed by atoms with Gasteiger partial charge in [-0.05, 0) is 42.5 Å². The molecule has 1 unspecified atom stereocenters. The van der Waals surface area contributed by atoms with E-state index in [-0.39, 0.29) is 24.5 Å². The summed E-state index contributed by atoms with van der Waals surface area (Å²) in [6.07, 6.45) is 5.47. The molecule has 7 heteroatoms. The quantitative estimate of drug-likeness (QED) is 0.734. The Morgan fingerprint density at radius 2 is 1.92 bits per heavy atom. The number of amides is 3. The standard InChI is InChI=1S/C19H17N5O2/c25-18-17(13-6-7-13)22-19(26)23(18)10-12-5-8-16(20-9-12)24-11-21-14-3-1-2-4-15(14)24/h1-5,8-9,11,13,17H,6-7,10H2,(H,22,26). The molecule has 3 amide bonds. The summed E-state index contributed by atoms with van der Waals surface area (Å²) in [5, 5.41) is 2.79. The second kappa shape index (κ2) is 5.66. The van der Waals surface area contributed by atoms with E-state index in [1.165, 1.54) is 4.90 Å². The van der Waals surface area contributed by atoms with E-state index >= 15 is 0 Å². The van der Waals surface area contributed by atoms with E-state index in [1.807, 2.05) is 41.0 Å². The summed E-state index contributed by atoms with van der Waals surface area (Å²) in [4.78, 5) is 34.6. The zero-order chi connectivity index (χ0) is 17.7. The van der Waals surface area contributed by atoms with Crippen molar-refractivity contribution in [2.45, 2.75) is 25.4 Å². The van der Waals surface area contributed by atoms with Crippen LogP contribution in [0.2, 0.25) is 0 Å². The largest absolute Gasteiger partial charge is 0.326 e. The van der Waals surface area contributed by atoms with Crippen LogP contribution in [0.25, 0.3) is 16.9 Å². The Kier molecular flexibility index (Phi) is 3.28. The lowest BCUT2D eigenvalue weighted by Gasteiger charge is -2.13. The van der Waals surface area contributed by atoms with Gasteiger partial charge >= 0.3 is 6.03 Å². The Bertz CT molecular complexity index is 1010. The molecule has 5 rings (SSSR count). The first-order chi connectivity index (χ1) is 12.7. The predicted octanol–water partition coefficient (Wildman–Crippen LogP) is 2.25. The van der Waals surface area contributed by atoms with Crippen LogP contribution in [0, 0.1) is 5.92 Å². The van der Waals surface area contributed by atoms with Gasteiger partial charge < -0.3 is 5.32 Å². The van der Waals surface area contributed by atoms with Gasteiger partial charge in [0.1, 0.15) is 18.2 Å². The van der Waals surface area contributed by atoms with Crippen molar-refractivity contribution in [3.63, 3.8) is 0 Å². The maximum Gasteiger partial charge on any atom is 0.325 e. The maximum absolute atomic E-state index is 12.4. The number of nitrogens with one attached hydrogen (secondary N) is 1. The molecule has 2 aliphatic rings. The molecule has 26 heavy (non-hydrogen) atoms. The number of hydrogen-bond acceptors (Lipinski definition) is 4. The van der Waals surface area contributed by atoms with Gasteiger partial charge in [-0.2, -0.15) is 0 Å². The number of carbonyl (C=O) groups is 2. The van der Waals surface area contributed by atoms with Crippen LogP contribution >= 0.6 is 0 Å². The molecule has 1 atom stereocenters. The van der Waals surface area contributed by atoms with Crippen molar-refractivity contribution < 1.29 is 9.59 Å². The van der Waals surface area contributed by atoms with Crippen LogP contribution < -0.4 is 5.32 Å². The van der Waals surface area contributed by atoms with Gasteiger partial charge in [-0.15, -0.1) is 0 Å². The average molecular weight is 347 g/mol. The average Bonchev–Trinajstić information content (AvgIpc) is 3.36. The van der Waals surface area contributed by atoms with Crippen LogP contribution in [0.15, 0.2) is 48.9 Å². The van der Waals surface area contributed by atoms with Crippen LogP contribution in [0.5, 0.6) is 0 Å². The first-order valence-corrected chi connectivity index (χ1v) is 8.70.